The van der Waals surface area contributed by atoms with Crippen molar-refractivity contribution in [3.8, 4) is 6.07 Å². The van der Waals surface area contributed by atoms with Gasteiger partial charge in [0.25, 0.3) is 0 Å². The minimum Gasteiger partial charge on any atom is -0.198 e. The van der Waals surface area contributed by atoms with E-state index in [1.165, 1.54) is 56.9 Å². The van der Waals surface area contributed by atoms with Gasteiger partial charge in [-0.05, 0) is 48.6 Å². The molecule has 0 atom stereocenters. The Hall–Kier alpha value is -1.29. The van der Waals surface area contributed by atoms with Crippen molar-refractivity contribution in [2.24, 2.45) is 5.92 Å². The summed E-state index contributed by atoms with van der Waals surface area (Å²) in [5.74, 6) is 1.74. The molecular weight excluding hydrogens is 242 g/mol. The van der Waals surface area contributed by atoms with Crippen molar-refractivity contribution >= 4 is 0 Å². The van der Waals surface area contributed by atoms with E-state index in [1.54, 1.807) is 0 Å². The summed E-state index contributed by atoms with van der Waals surface area (Å²) in [5.41, 5.74) is 2.63. The van der Waals surface area contributed by atoms with Crippen molar-refractivity contribution in [1.29, 1.82) is 5.26 Å². The topological polar surface area (TPSA) is 23.8 Å². The van der Waals surface area contributed by atoms with Gasteiger partial charge >= 0.3 is 0 Å². The van der Waals surface area contributed by atoms with Gasteiger partial charge in [-0.15, -0.1) is 0 Å². The molecule has 1 fully saturated rings. The summed E-state index contributed by atoms with van der Waals surface area (Å²) in [6.45, 7) is 2.28. The highest BCUT2D eigenvalue weighted by atomic mass is 14.3. The van der Waals surface area contributed by atoms with E-state index < -0.39 is 0 Å². The summed E-state index contributed by atoms with van der Waals surface area (Å²) >= 11 is 0. The van der Waals surface area contributed by atoms with E-state index in [-0.39, 0.29) is 0 Å². The van der Waals surface area contributed by atoms with Crippen LogP contribution in [-0.4, -0.2) is 0 Å². The Morgan fingerprint density at radius 1 is 1.05 bits per heavy atom. The van der Waals surface area contributed by atoms with Crippen molar-refractivity contribution < 1.29 is 0 Å². The Balaban J connectivity index is 1.79. The van der Waals surface area contributed by atoms with Crippen molar-refractivity contribution in [2.45, 2.75) is 70.6 Å². The highest BCUT2D eigenvalue weighted by Crippen LogP contribution is 2.37. The van der Waals surface area contributed by atoms with Gasteiger partial charge in [0.2, 0.25) is 0 Å². The summed E-state index contributed by atoms with van der Waals surface area (Å²) in [6, 6.07) is 11.0. The normalized spacial score (nSPS) is 22.4. The van der Waals surface area contributed by atoms with Crippen LogP contribution in [0.15, 0.2) is 24.3 Å². The van der Waals surface area contributed by atoms with E-state index in [9.17, 15) is 0 Å². The van der Waals surface area contributed by atoms with E-state index in [2.05, 4.69) is 37.3 Å². The summed E-state index contributed by atoms with van der Waals surface area (Å²) in [7, 11) is 0. The second-order valence-electron chi connectivity index (χ2n) is 6.29. The predicted octanol–water partition coefficient (Wildman–Crippen LogP) is 5.61. The highest BCUT2D eigenvalue weighted by Gasteiger charge is 2.21. The molecule has 1 heteroatoms. The Bertz CT molecular complexity index is 418. The molecule has 0 unspecified atom stereocenters. The van der Waals surface area contributed by atoms with Crippen LogP contribution < -0.4 is 0 Å². The monoisotopic (exact) mass is 269 g/mol. The zero-order valence-corrected chi connectivity index (χ0v) is 12.8. The molecule has 20 heavy (non-hydrogen) atoms. The number of rotatable bonds is 6. The minimum absolute atomic E-state index is 0.532. The lowest BCUT2D eigenvalue weighted by molar-refractivity contribution is 0.303. The molecule has 0 radical (unpaired) electrons. The minimum atomic E-state index is 0.532. The first-order chi connectivity index (χ1) is 9.83. The molecule has 1 nitrogen and oxygen atoms in total. The van der Waals surface area contributed by atoms with Crippen LogP contribution in [0.5, 0.6) is 0 Å². The molecular formula is C19H27N. The van der Waals surface area contributed by atoms with E-state index in [1.807, 2.05) is 0 Å². The first-order valence-corrected chi connectivity index (χ1v) is 8.29. The molecule has 0 spiro atoms. The molecule has 0 amide bonds. The second kappa shape index (κ2) is 8.10. The van der Waals surface area contributed by atoms with Gasteiger partial charge in [0, 0.05) is 0 Å². The molecule has 1 aliphatic rings. The van der Waals surface area contributed by atoms with Crippen molar-refractivity contribution in [3.63, 3.8) is 0 Å². The molecule has 0 heterocycles. The number of unbranched alkanes of at least 4 members (excludes halogenated alkanes) is 2. The van der Waals surface area contributed by atoms with E-state index >= 15 is 0 Å². The summed E-state index contributed by atoms with van der Waals surface area (Å²) in [5, 5.41) is 8.71. The largest absolute Gasteiger partial charge is 0.198 e. The highest BCUT2D eigenvalue weighted by molar-refractivity contribution is 5.27. The predicted molar refractivity (Wildman–Crippen MR) is 84.6 cm³/mol. The third kappa shape index (κ3) is 4.37. The van der Waals surface area contributed by atoms with E-state index in [0.29, 0.717) is 6.42 Å². The molecule has 0 aromatic heterocycles. The molecule has 0 bridgehead atoms. The average Bonchev–Trinajstić information content (AvgIpc) is 2.49. The number of hydrogen-bond acceptors (Lipinski definition) is 1. The SMILES string of the molecule is CCCCC[C@H]1CC[C@H](c2ccc(CC#N)cc2)CC1. The standard InChI is InChI=1S/C19H27N/c1-2-3-4-5-16-6-10-18(11-7-16)19-12-8-17(9-13-19)14-15-20/h8-9,12-13,16,18H,2-7,10-11,14H2,1H3/t16-,18-. The molecule has 1 saturated carbocycles. The second-order valence-corrected chi connectivity index (χ2v) is 6.29. The van der Waals surface area contributed by atoms with Gasteiger partial charge in [0.05, 0.1) is 12.5 Å². The molecule has 0 saturated heterocycles. The number of nitriles is 1. The third-order valence-corrected chi connectivity index (χ3v) is 4.80. The molecule has 0 N–H and O–H groups in total. The maximum Gasteiger partial charge on any atom is 0.0669 e. The van der Waals surface area contributed by atoms with Crippen LogP contribution in [-0.2, 0) is 6.42 Å². The lowest BCUT2D eigenvalue weighted by atomic mass is 9.77. The fourth-order valence-corrected chi connectivity index (χ4v) is 3.47. The lowest BCUT2D eigenvalue weighted by Crippen LogP contribution is -2.13. The van der Waals surface area contributed by atoms with Crippen LogP contribution in [0.2, 0.25) is 0 Å². The molecule has 2 rings (SSSR count). The zero-order chi connectivity index (χ0) is 14.2. The number of nitrogens with zero attached hydrogens (tertiary/aromatic N) is 1. The van der Waals surface area contributed by atoms with Gasteiger partial charge in [-0.1, -0.05) is 56.9 Å². The Morgan fingerprint density at radius 2 is 1.75 bits per heavy atom. The Labute approximate surface area is 124 Å². The maximum absolute atomic E-state index is 8.71. The van der Waals surface area contributed by atoms with Crippen molar-refractivity contribution in [1.82, 2.24) is 0 Å². The van der Waals surface area contributed by atoms with Gasteiger partial charge in [0.15, 0.2) is 0 Å². The maximum atomic E-state index is 8.71. The number of hydrogen-bond donors (Lipinski definition) is 0. The molecule has 1 aromatic rings. The van der Waals surface area contributed by atoms with Gasteiger partial charge in [-0.2, -0.15) is 5.26 Å². The van der Waals surface area contributed by atoms with E-state index in [4.69, 9.17) is 5.26 Å². The zero-order valence-electron chi connectivity index (χ0n) is 12.8. The van der Waals surface area contributed by atoms with Crippen LogP contribution in [0.25, 0.3) is 0 Å². The van der Waals surface area contributed by atoms with Crippen molar-refractivity contribution in [3.05, 3.63) is 35.4 Å². The first kappa shape index (κ1) is 15.1. The smallest absolute Gasteiger partial charge is 0.0669 e. The summed E-state index contributed by atoms with van der Waals surface area (Å²) in [6.07, 6.45) is 11.7. The van der Waals surface area contributed by atoms with Crippen LogP contribution in [0.4, 0.5) is 0 Å². The average molecular weight is 269 g/mol. The van der Waals surface area contributed by atoms with Gasteiger partial charge in [0.1, 0.15) is 0 Å². The quantitative estimate of drug-likeness (QED) is 0.616. The fraction of sp³-hybridized carbons (Fsp3) is 0.632. The fourth-order valence-electron chi connectivity index (χ4n) is 3.47. The molecule has 108 valence electrons. The summed E-state index contributed by atoms with van der Waals surface area (Å²) < 4.78 is 0. The van der Waals surface area contributed by atoms with Crippen LogP contribution in [0.1, 0.15) is 75.3 Å². The molecule has 0 aliphatic heterocycles. The third-order valence-electron chi connectivity index (χ3n) is 4.80. The Morgan fingerprint density at radius 3 is 2.35 bits per heavy atom. The van der Waals surface area contributed by atoms with Crippen LogP contribution in [0, 0.1) is 17.2 Å². The van der Waals surface area contributed by atoms with Gasteiger partial charge in [-0.25, -0.2) is 0 Å². The van der Waals surface area contributed by atoms with Crippen molar-refractivity contribution in [2.75, 3.05) is 0 Å². The van der Waals surface area contributed by atoms with Crippen LogP contribution >= 0.6 is 0 Å². The van der Waals surface area contributed by atoms with E-state index in [0.717, 1.165) is 17.4 Å². The van der Waals surface area contributed by atoms with Gasteiger partial charge in [-0.3, -0.25) is 0 Å². The number of benzene rings is 1. The first-order valence-electron chi connectivity index (χ1n) is 8.29. The molecule has 1 aliphatic carbocycles. The Kier molecular flexibility index (Phi) is 6.12. The lowest BCUT2D eigenvalue weighted by Gasteiger charge is -2.29. The van der Waals surface area contributed by atoms with Gasteiger partial charge < -0.3 is 0 Å². The van der Waals surface area contributed by atoms with Crippen LogP contribution in [0.3, 0.4) is 0 Å². The summed E-state index contributed by atoms with van der Waals surface area (Å²) in [4.78, 5) is 0. The molecule has 1 aromatic carbocycles.